The number of nitrogens with zero attached hydrogens (tertiary/aromatic N) is 2. The van der Waals surface area contributed by atoms with Crippen molar-refractivity contribution in [3.63, 3.8) is 0 Å². The van der Waals surface area contributed by atoms with Gasteiger partial charge in [0, 0.05) is 23.2 Å². The molecule has 0 saturated heterocycles. The van der Waals surface area contributed by atoms with Crippen LogP contribution in [0.3, 0.4) is 0 Å². The number of non-ortho nitro benzene ring substituents is 1. The molecule has 0 unspecified atom stereocenters. The topological polar surface area (TPSA) is 136 Å². The van der Waals surface area contributed by atoms with Crippen LogP contribution in [0, 0.1) is 17.0 Å². The third-order valence-corrected chi connectivity index (χ3v) is 4.90. The number of benzene rings is 3. The van der Waals surface area contributed by atoms with Crippen molar-refractivity contribution in [2.75, 3.05) is 11.9 Å². The molecule has 0 saturated carbocycles. The highest BCUT2D eigenvalue weighted by Crippen LogP contribution is 2.24. The molecule has 2 amide bonds. The van der Waals surface area contributed by atoms with Gasteiger partial charge in [-0.25, -0.2) is 5.43 Å². The molecule has 0 radical (unpaired) electrons. The molecule has 176 valence electrons. The zero-order valence-corrected chi connectivity index (χ0v) is 18.6. The first kappa shape index (κ1) is 23.2. The van der Waals surface area contributed by atoms with Crippen LogP contribution >= 0.6 is 0 Å². The van der Waals surface area contributed by atoms with Crippen molar-refractivity contribution >= 4 is 40.4 Å². The summed E-state index contributed by atoms with van der Waals surface area (Å²) in [7, 11) is 0. The summed E-state index contributed by atoms with van der Waals surface area (Å²) in [5.41, 5.74) is 5.09. The molecule has 1 heterocycles. The number of hydrogen-bond donors (Lipinski definition) is 2. The Morgan fingerprint density at radius 1 is 1.06 bits per heavy atom. The third kappa shape index (κ3) is 6.08. The summed E-state index contributed by atoms with van der Waals surface area (Å²) in [6, 6.07) is 19.7. The van der Waals surface area contributed by atoms with Crippen molar-refractivity contribution < 1.29 is 23.7 Å². The Kier molecular flexibility index (Phi) is 6.82. The van der Waals surface area contributed by atoms with E-state index in [0.29, 0.717) is 28.0 Å². The van der Waals surface area contributed by atoms with Gasteiger partial charge in [-0.2, -0.15) is 5.10 Å². The van der Waals surface area contributed by atoms with Gasteiger partial charge in [-0.05, 0) is 61.0 Å². The number of ether oxygens (including phenoxy) is 1. The number of nitro groups is 1. The molecule has 2 N–H and O–H groups in total. The summed E-state index contributed by atoms with van der Waals surface area (Å²) in [5, 5.41) is 18.0. The molecule has 0 spiro atoms. The van der Waals surface area contributed by atoms with Crippen LogP contribution in [0.1, 0.15) is 21.7 Å². The van der Waals surface area contributed by atoms with Gasteiger partial charge < -0.3 is 14.5 Å². The quantitative estimate of drug-likeness (QED) is 0.221. The number of carbonyl (C=O) groups is 2. The summed E-state index contributed by atoms with van der Waals surface area (Å²) >= 11 is 0. The van der Waals surface area contributed by atoms with Crippen molar-refractivity contribution in [1.82, 2.24) is 5.43 Å². The standard InChI is InChI=1S/C25H20N4O6/c1-16-2-6-19(7-3-16)27-24(30)15-34-21-9-4-17(5-10-21)14-26-28-25(31)23-13-18-12-20(29(32)33)8-11-22(18)35-23/h2-14H,15H2,1H3,(H,27,30)(H,28,31)/b26-14+. The van der Waals surface area contributed by atoms with E-state index in [2.05, 4.69) is 15.8 Å². The van der Waals surface area contributed by atoms with Crippen molar-refractivity contribution in [2.24, 2.45) is 5.10 Å². The molecule has 10 heteroatoms. The van der Waals surface area contributed by atoms with Crippen molar-refractivity contribution in [3.05, 3.63) is 99.8 Å². The van der Waals surface area contributed by atoms with E-state index in [1.165, 1.54) is 30.5 Å². The van der Waals surface area contributed by atoms with Gasteiger partial charge in [0.1, 0.15) is 11.3 Å². The Balaban J connectivity index is 1.27. The van der Waals surface area contributed by atoms with Gasteiger partial charge in [-0.3, -0.25) is 19.7 Å². The van der Waals surface area contributed by atoms with Crippen LogP contribution in [0.2, 0.25) is 0 Å². The average molecular weight is 472 g/mol. The molecule has 0 aliphatic heterocycles. The molecular weight excluding hydrogens is 452 g/mol. The lowest BCUT2D eigenvalue weighted by Crippen LogP contribution is -2.20. The monoisotopic (exact) mass is 472 g/mol. The van der Waals surface area contributed by atoms with Crippen LogP contribution in [-0.2, 0) is 4.79 Å². The summed E-state index contributed by atoms with van der Waals surface area (Å²) in [6.45, 7) is 1.83. The second-order valence-corrected chi connectivity index (χ2v) is 7.56. The van der Waals surface area contributed by atoms with Crippen molar-refractivity contribution in [2.45, 2.75) is 6.92 Å². The maximum atomic E-state index is 12.3. The average Bonchev–Trinajstić information content (AvgIpc) is 3.28. The highest BCUT2D eigenvalue weighted by Gasteiger charge is 2.14. The molecule has 1 aromatic heterocycles. The largest absolute Gasteiger partial charge is 0.484 e. The highest BCUT2D eigenvalue weighted by molar-refractivity contribution is 5.97. The molecule has 0 bridgehead atoms. The Hall–Kier alpha value is -4.99. The minimum absolute atomic E-state index is 0.0229. The molecule has 3 aromatic carbocycles. The maximum Gasteiger partial charge on any atom is 0.307 e. The lowest BCUT2D eigenvalue weighted by molar-refractivity contribution is -0.384. The van der Waals surface area contributed by atoms with Gasteiger partial charge in [0.15, 0.2) is 12.4 Å². The zero-order valence-electron chi connectivity index (χ0n) is 18.6. The first-order valence-corrected chi connectivity index (χ1v) is 10.5. The summed E-state index contributed by atoms with van der Waals surface area (Å²) in [6.07, 6.45) is 1.43. The van der Waals surface area contributed by atoms with E-state index in [9.17, 15) is 19.7 Å². The fourth-order valence-corrected chi connectivity index (χ4v) is 3.11. The fraction of sp³-hybridized carbons (Fsp3) is 0.0800. The van der Waals surface area contributed by atoms with Crippen LogP contribution in [0.25, 0.3) is 11.0 Å². The van der Waals surface area contributed by atoms with Gasteiger partial charge in [0.25, 0.3) is 11.6 Å². The lowest BCUT2D eigenvalue weighted by atomic mass is 10.2. The Bertz CT molecular complexity index is 1410. The maximum absolute atomic E-state index is 12.3. The van der Waals surface area contributed by atoms with E-state index in [1.807, 2.05) is 31.2 Å². The Morgan fingerprint density at radius 2 is 1.80 bits per heavy atom. The molecule has 0 aliphatic carbocycles. The molecule has 4 aromatic rings. The Morgan fingerprint density at radius 3 is 2.51 bits per heavy atom. The number of nitro benzene ring substituents is 1. The predicted molar refractivity (Wildman–Crippen MR) is 130 cm³/mol. The number of aryl methyl sites for hydroxylation is 1. The zero-order chi connectivity index (χ0) is 24.8. The summed E-state index contributed by atoms with van der Waals surface area (Å²) < 4.78 is 10.9. The number of carbonyl (C=O) groups excluding carboxylic acids is 2. The van der Waals surface area contributed by atoms with E-state index < -0.39 is 10.8 Å². The van der Waals surface area contributed by atoms with E-state index in [1.54, 1.807) is 24.3 Å². The predicted octanol–water partition coefficient (Wildman–Crippen LogP) is 4.43. The SMILES string of the molecule is Cc1ccc(NC(=O)COc2ccc(/C=N/NC(=O)c3cc4cc([N+](=O)[O-])ccc4o3)cc2)cc1. The second-order valence-electron chi connectivity index (χ2n) is 7.56. The van der Waals surface area contributed by atoms with Crippen LogP contribution in [0.5, 0.6) is 5.75 Å². The number of rotatable bonds is 8. The number of amides is 2. The van der Waals surface area contributed by atoms with Crippen LogP contribution in [0.4, 0.5) is 11.4 Å². The molecule has 0 atom stereocenters. The van der Waals surface area contributed by atoms with E-state index in [-0.39, 0.29) is 24.0 Å². The summed E-state index contributed by atoms with van der Waals surface area (Å²) in [5.74, 6) is -0.394. The van der Waals surface area contributed by atoms with E-state index in [4.69, 9.17) is 9.15 Å². The third-order valence-electron chi connectivity index (χ3n) is 4.90. The smallest absolute Gasteiger partial charge is 0.307 e. The van der Waals surface area contributed by atoms with Crippen LogP contribution in [-0.4, -0.2) is 29.6 Å². The molecule has 10 nitrogen and oxygen atoms in total. The normalized spacial score (nSPS) is 10.9. The first-order chi connectivity index (χ1) is 16.9. The molecule has 35 heavy (non-hydrogen) atoms. The van der Waals surface area contributed by atoms with Crippen LogP contribution in [0.15, 0.2) is 82.3 Å². The van der Waals surface area contributed by atoms with Crippen LogP contribution < -0.4 is 15.5 Å². The minimum Gasteiger partial charge on any atom is -0.484 e. The molecule has 0 aliphatic rings. The second kappa shape index (κ2) is 10.3. The summed E-state index contributed by atoms with van der Waals surface area (Å²) in [4.78, 5) is 34.6. The van der Waals surface area contributed by atoms with E-state index >= 15 is 0 Å². The number of nitrogens with one attached hydrogen (secondary N) is 2. The van der Waals surface area contributed by atoms with Crippen molar-refractivity contribution in [1.29, 1.82) is 0 Å². The van der Waals surface area contributed by atoms with Gasteiger partial charge in [-0.15, -0.1) is 0 Å². The van der Waals surface area contributed by atoms with Gasteiger partial charge in [0.2, 0.25) is 0 Å². The number of fused-ring (bicyclic) bond motifs is 1. The minimum atomic E-state index is -0.598. The lowest BCUT2D eigenvalue weighted by Gasteiger charge is -2.08. The van der Waals surface area contributed by atoms with E-state index in [0.717, 1.165) is 5.56 Å². The number of hydrazone groups is 1. The number of furan rings is 1. The molecule has 4 rings (SSSR count). The van der Waals surface area contributed by atoms with Gasteiger partial charge in [0.05, 0.1) is 11.1 Å². The Labute approximate surface area is 199 Å². The van der Waals surface area contributed by atoms with Crippen molar-refractivity contribution in [3.8, 4) is 5.75 Å². The number of hydrogen-bond acceptors (Lipinski definition) is 7. The molecular formula is C25H20N4O6. The first-order valence-electron chi connectivity index (χ1n) is 10.5. The highest BCUT2D eigenvalue weighted by atomic mass is 16.6. The van der Waals surface area contributed by atoms with Gasteiger partial charge >= 0.3 is 5.91 Å². The number of anilines is 1. The van der Waals surface area contributed by atoms with Gasteiger partial charge in [-0.1, -0.05) is 17.7 Å². The molecule has 0 fully saturated rings. The fourth-order valence-electron chi connectivity index (χ4n) is 3.11.